The van der Waals surface area contributed by atoms with Gasteiger partial charge >= 0.3 is 26.2 Å². The van der Waals surface area contributed by atoms with Crippen molar-refractivity contribution in [3.05, 3.63) is 45.8 Å². The summed E-state index contributed by atoms with van der Waals surface area (Å²) >= 11 is 1.72. The van der Waals surface area contributed by atoms with Gasteiger partial charge in [0.25, 0.3) is 6.20 Å². The van der Waals surface area contributed by atoms with Crippen LogP contribution in [0.15, 0.2) is 28.6 Å². The van der Waals surface area contributed by atoms with Gasteiger partial charge in [-0.2, -0.15) is 11.8 Å². The Bertz CT molecular complexity index is 480. The van der Waals surface area contributed by atoms with E-state index in [1.807, 2.05) is 26.2 Å². The molecule has 9 heteroatoms. The molecule has 1 aromatic heterocycles. The van der Waals surface area contributed by atoms with Crippen molar-refractivity contribution in [2.24, 2.45) is 0 Å². The third kappa shape index (κ3) is 9.28. The fourth-order valence-corrected chi connectivity index (χ4v) is 2.38. The second-order valence-electron chi connectivity index (χ2n) is 4.66. The molecule has 22 heavy (non-hydrogen) atoms. The number of thioether (sulfide) groups is 1. The summed E-state index contributed by atoms with van der Waals surface area (Å²) < 4.78 is 5.70. The normalized spacial score (nSPS) is 11.2. The molecule has 0 aliphatic heterocycles. The molecule has 0 aliphatic carbocycles. The summed E-state index contributed by atoms with van der Waals surface area (Å²) in [7, 11) is 5.64. The molecular formula is C13H25BiN4O3S. The molecule has 7 nitrogen and oxygen atoms in total. The molecule has 0 atom stereocenters. The topological polar surface area (TPSA) is 83.6 Å². The second kappa shape index (κ2) is 11.7. The van der Waals surface area contributed by atoms with Gasteiger partial charge in [-0.05, 0) is 26.2 Å². The summed E-state index contributed by atoms with van der Waals surface area (Å²) in [5, 5.41) is 16.1. The Morgan fingerprint density at radius 3 is 2.73 bits per heavy atom. The average Bonchev–Trinajstić information content (AvgIpc) is 2.83. The van der Waals surface area contributed by atoms with Crippen LogP contribution in [0.3, 0.4) is 0 Å². The monoisotopic (exact) mass is 526 g/mol. The van der Waals surface area contributed by atoms with Crippen molar-refractivity contribution in [2.75, 3.05) is 33.4 Å². The summed E-state index contributed by atoms with van der Waals surface area (Å²) in [6.07, 6.45) is 0.921. The van der Waals surface area contributed by atoms with E-state index in [-0.39, 0.29) is 26.2 Å². The van der Waals surface area contributed by atoms with E-state index in [1.165, 1.54) is 0 Å². The zero-order chi connectivity index (χ0) is 15.7. The molecule has 0 unspecified atom stereocenters. The van der Waals surface area contributed by atoms with Crippen LogP contribution in [0.1, 0.15) is 11.5 Å². The number of nitrogens with zero attached hydrogens (tertiary/aromatic N) is 2. The number of hydrogen-bond donors (Lipinski definition) is 2. The van der Waals surface area contributed by atoms with E-state index in [1.54, 1.807) is 18.8 Å². The van der Waals surface area contributed by atoms with Crippen LogP contribution in [0.25, 0.3) is 0 Å². The molecule has 1 aromatic rings. The molecule has 0 bridgehead atoms. The zero-order valence-electron chi connectivity index (χ0n) is 13.3. The van der Waals surface area contributed by atoms with E-state index in [0.717, 1.165) is 35.8 Å². The molecule has 0 spiro atoms. The second-order valence-corrected chi connectivity index (χ2v) is 5.77. The summed E-state index contributed by atoms with van der Waals surface area (Å²) in [5.74, 6) is 3.95. The number of furan rings is 1. The summed E-state index contributed by atoms with van der Waals surface area (Å²) in [6.45, 7) is 1.44. The molecule has 1 heterocycles. The van der Waals surface area contributed by atoms with Crippen LogP contribution < -0.4 is 10.6 Å². The van der Waals surface area contributed by atoms with Gasteiger partial charge in [0, 0.05) is 19.3 Å². The maximum atomic E-state index is 10.3. The Morgan fingerprint density at radius 2 is 2.14 bits per heavy atom. The Hall–Kier alpha value is -0.787. The van der Waals surface area contributed by atoms with Crippen LogP contribution in [0.5, 0.6) is 0 Å². The fraction of sp³-hybridized carbons (Fsp3) is 0.538. The van der Waals surface area contributed by atoms with Gasteiger partial charge in [-0.3, -0.25) is 10.1 Å². The Morgan fingerprint density at radius 1 is 1.45 bits per heavy atom. The molecule has 0 aromatic carbocycles. The van der Waals surface area contributed by atoms with Gasteiger partial charge in [-0.25, -0.2) is 0 Å². The van der Waals surface area contributed by atoms with E-state index in [0.29, 0.717) is 12.4 Å². The molecule has 0 radical (unpaired) electrons. The average molecular weight is 526 g/mol. The van der Waals surface area contributed by atoms with Crippen molar-refractivity contribution in [3.63, 3.8) is 0 Å². The quantitative estimate of drug-likeness (QED) is 0.196. The molecule has 0 aliphatic rings. The van der Waals surface area contributed by atoms with Crippen molar-refractivity contribution in [1.82, 2.24) is 15.5 Å². The van der Waals surface area contributed by atoms with Gasteiger partial charge < -0.3 is 20.0 Å². The molecule has 0 fully saturated rings. The van der Waals surface area contributed by atoms with E-state index in [4.69, 9.17) is 4.42 Å². The van der Waals surface area contributed by atoms with Crippen molar-refractivity contribution < 1.29 is 9.34 Å². The van der Waals surface area contributed by atoms with Crippen LogP contribution in [0.4, 0.5) is 0 Å². The summed E-state index contributed by atoms with van der Waals surface area (Å²) in [6, 6.07) is 3.98. The first-order valence-electron chi connectivity index (χ1n) is 6.58. The zero-order valence-corrected chi connectivity index (χ0v) is 19.6. The molecular weight excluding hydrogens is 501 g/mol. The number of nitrogens with one attached hydrogen (secondary N) is 2. The number of nitro groups is 1. The van der Waals surface area contributed by atoms with Gasteiger partial charge in [0.1, 0.15) is 11.5 Å². The molecule has 0 saturated heterocycles. The minimum absolute atomic E-state index is 0. The SMILES string of the molecule is CN/C(=C/[N+](=O)[O-])NCCSCc1ccc(CN(C)C)o1.[BiH3]. The first-order valence-corrected chi connectivity index (χ1v) is 7.73. The molecule has 1 rings (SSSR count). The minimum atomic E-state index is -0.485. The van der Waals surface area contributed by atoms with Crippen LogP contribution in [-0.4, -0.2) is 69.5 Å². The Labute approximate surface area is 154 Å². The Balaban J connectivity index is 0.00000441. The molecule has 2 N–H and O–H groups in total. The van der Waals surface area contributed by atoms with Crippen LogP contribution >= 0.6 is 11.8 Å². The summed E-state index contributed by atoms with van der Waals surface area (Å²) in [5.41, 5.74) is 0. The standard InChI is InChI=1S/C13H22N4O3S.Bi.3H/c1-14-13(9-17(18)19)15-6-7-21-10-12-5-4-11(20-12)8-16(2)3;;;;/h4-5,9,14-15H,6-8,10H2,1-3H3;;;;/b13-9-;;;;. The van der Waals surface area contributed by atoms with Crippen molar-refractivity contribution >= 4 is 38.0 Å². The number of rotatable bonds is 10. The first kappa shape index (κ1) is 21.2. The fourth-order valence-electron chi connectivity index (χ4n) is 1.63. The van der Waals surface area contributed by atoms with Crippen molar-refractivity contribution in [3.8, 4) is 0 Å². The molecule has 0 saturated carbocycles. The Kier molecular flexibility index (Phi) is 11.3. The van der Waals surface area contributed by atoms with E-state index in [9.17, 15) is 10.1 Å². The van der Waals surface area contributed by atoms with Gasteiger partial charge in [0.2, 0.25) is 0 Å². The van der Waals surface area contributed by atoms with Crippen LogP contribution in [-0.2, 0) is 12.3 Å². The first-order chi connectivity index (χ1) is 10.0. The third-order valence-corrected chi connectivity index (χ3v) is 3.48. The van der Waals surface area contributed by atoms with Crippen molar-refractivity contribution in [2.45, 2.75) is 12.3 Å². The predicted octanol–water partition coefficient (Wildman–Crippen LogP) is 0.275. The maximum absolute atomic E-state index is 10.3. The van der Waals surface area contributed by atoms with Gasteiger partial charge in [0.05, 0.1) is 17.2 Å². The third-order valence-electron chi connectivity index (χ3n) is 2.50. The molecule has 0 amide bonds. The van der Waals surface area contributed by atoms with Gasteiger partial charge in [0.15, 0.2) is 5.82 Å². The number of hydrogen-bond acceptors (Lipinski definition) is 7. The predicted molar refractivity (Wildman–Crippen MR) is 94.3 cm³/mol. The summed E-state index contributed by atoms with van der Waals surface area (Å²) in [4.78, 5) is 11.9. The van der Waals surface area contributed by atoms with Crippen LogP contribution in [0, 0.1) is 10.1 Å². The van der Waals surface area contributed by atoms with E-state index >= 15 is 0 Å². The van der Waals surface area contributed by atoms with E-state index in [2.05, 4.69) is 15.5 Å². The molecule has 126 valence electrons. The van der Waals surface area contributed by atoms with Crippen LogP contribution in [0.2, 0.25) is 0 Å². The van der Waals surface area contributed by atoms with Gasteiger partial charge in [-0.1, -0.05) is 0 Å². The van der Waals surface area contributed by atoms with Crippen molar-refractivity contribution in [1.29, 1.82) is 0 Å². The van der Waals surface area contributed by atoms with E-state index < -0.39 is 4.92 Å². The van der Waals surface area contributed by atoms with Gasteiger partial charge in [-0.15, -0.1) is 0 Å².